The van der Waals surface area contributed by atoms with E-state index in [0.717, 1.165) is 56.3 Å². The van der Waals surface area contributed by atoms with E-state index in [1.54, 1.807) is 12.1 Å². The van der Waals surface area contributed by atoms with Crippen LogP contribution in [0.1, 0.15) is 63.6 Å². The first-order chi connectivity index (χ1) is 13.3. The summed E-state index contributed by atoms with van der Waals surface area (Å²) in [6.45, 7) is 8.62. The van der Waals surface area contributed by atoms with Gasteiger partial charge in [0.1, 0.15) is 0 Å². The summed E-state index contributed by atoms with van der Waals surface area (Å²) in [5, 5.41) is 2.92. The van der Waals surface area contributed by atoms with E-state index in [1.807, 2.05) is 6.07 Å². The van der Waals surface area contributed by atoms with Crippen molar-refractivity contribution in [2.75, 3.05) is 19.6 Å². The number of carbonyl (C=O) groups excluding carboxylic acids is 1. The number of rotatable bonds is 7. The lowest BCUT2D eigenvalue weighted by molar-refractivity contribution is -0.119. The minimum atomic E-state index is -3.53. The summed E-state index contributed by atoms with van der Waals surface area (Å²) in [4.78, 5) is 14.2. The van der Waals surface area contributed by atoms with Gasteiger partial charge in [-0.1, -0.05) is 6.07 Å². The Morgan fingerprint density at radius 3 is 2.57 bits per heavy atom. The molecule has 2 N–H and O–H groups in total. The molecule has 1 atom stereocenters. The van der Waals surface area contributed by atoms with Crippen molar-refractivity contribution in [3.8, 4) is 0 Å². The Kier molecular flexibility index (Phi) is 6.78. The molecule has 0 radical (unpaired) electrons. The highest BCUT2D eigenvalue weighted by atomic mass is 32.2. The minimum absolute atomic E-state index is 0.0891. The number of nitrogens with one attached hydrogen (secondary N) is 2. The third-order valence-electron chi connectivity index (χ3n) is 6.11. The molecule has 1 aliphatic heterocycles. The van der Waals surface area contributed by atoms with Crippen molar-refractivity contribution < 1.29 is 13.2 Å². The van der Waals surface area contributed by atoms with Gasteiger partial charge in [-0.05, 0) is 88.2 Å². The summed E-state index contributed by atoms with van der Waals surface area (Å²) in [6.07, 6.45) is 4.84. The molecule has 1 aromatic rings. The average molecular weight is 408 g/mol. The lowest BCUT2D eigenvalue weighted by Crippen LogP contribution is -2.39. The van der Waals surface area contributed by atoms with Crippen molar-refractivity contribution in [3.05, 3.63) is 29.3 Å². The predicted octanol–water partition coefficient (Wildman–Crippen LogP) is 2.60. The van der Waals surface area contributed by atoms with Crippen LogP contribution in [0, 0.1) is 5.92 Å². The van der Waals surface area contributed by atoms with Crippen LogP contribution in [0.4, 0.5) is 0 Å². The first-order valence-corrected chi connectivity index (χ1v) is 11.9. The lowest BCUT2D eigenvalue weighted by atomic mass is 9.93. The molecule has 2 aliphatic rings. The molecule has 1 fully saturated rings. The van der Waals surface area contributed by atoms with E-state index < -0.39 is 10.0 Å². The third kappa shape index (κ3) is 5.13. The second kappa shape index (κ2) is 8.93. The molecule has 1 saturated heterocycles. The molecule has 28 heavy (non-hydrogen) atoms. The fourth-order valence-corrected chi connectivity index (χ4v) is 5.46. The molecule has 7 heteroatoms. The number of benzene rings is 1. The zero-order chi connectivity index (χ0) is 20.3. The van der Waals surface area contributed by atoms with Gasteiger partial charge < -0.3 is 10.2 Å². The number of hydrogen-bond donors (Lipinski definition) is 2. The van der Waals surface area contributed by atoms with Crippen molar-refractivity contribution in [3.63, 3.8) is 0 Å². The van der Waals surface area contributed by atoms with Crippen LogP contribution in [0.25, 0.3) is 0 Å². The van der Waals surface area contributed by atoms with E-state index in [4.69, 9.17) is 0 Å². The largest absolute Gasteiger partial charge is 0.350 e. The first kappa shape index (κ1) is 21.3. The van der Waals surface area contributed by atoms with Gasteiger partial charge in [0.2, 0.25) is 15.9 Å². The van der Waals surface area contributed by atoms with Gasteiger partial charge in [-0.2, -0.15) is 0 Å². The molecule has 0 aromatic heterocycles. The van der Waals surface area contributed by atoms with Crippen LogP contribution in [-0.4, -0.2) is 44.9 Å². The second-order valence-electron chi connectivity index (χ2n) is 8.41. The zero-order valence-electron chi connectivity index (χ0n) is 17.2. The molecule has 1 unspecified atom stereocenters. The molecule has 0 saturated carbocycles. The molecule has 0 spiro atoms. The molecule has 1 heterocycles. The van der Waals surface area contributed by atoms with Crippen molar-refractivity contribution in [1.82, 2.24) is 14.9 Å². The van der Waals surface area contributed by atoms with Gasteiger partial charge in [-0.15, -0.1) is 0 Å². The number of amides is 1. The van der Waals surface area contributed by atoms with E-state index in [9.17, 15) is 13.2 Å². The van der Waals surface area contributed by atoms with Crippen molar-refractivity contribution in [1.29, 1.82) is 0 Å². The standard InChI is InChI=1S/C21H33N3O3S/c1-15(2)24-12-9-17(10-13-24)8-11-22-28(26,27)19-6-4-18-5-7-21(20(18)14-19)23-16(3)25/h4,6,14-15,17,21-22H,5,7-13H2,1-3H3,(H,23,25). The first-order valence-electron chi connectivity index (χ1n) is 10.4. The van der Waals surface area contributed by atoms with Gasteiger partial charge in [0.15, 0.2) is 0 Å². The zero-order valence-corrected chi connectivity index (χ0v) is 18.0. The normalized spacial score (nSPS) is 21.1. The predicted molar refractivity (Wildman–Crippen MR) is 111 cm³/mol. The number of carbonyl (C=O) groups is 1. The van der Waals surface area contributed by atoms with E-state index in [-0.39, 0.29) is 16.8 Å². The third-order valence-corrected chi connectivity index (χ3v) is 7.57. The van der Waals surface area contributed by atoms with E-state index in [1.165, 1.54) is 6.92 Å². The smallest absolute Gasteiger partial charge is 0.240 e. The van der Waals surface area contributed by atoms with Crippen LogP contribution in [0.15, 0.2) is 23.1 Å². The number of aryl methyl sites for hydroxylation is 1. The molecular weight excluding hydrogens is 374 g/mol. The van der Waals surface area contributed by atoms with E-state index in [2.05, 4.69) is 28.8 Å². The Hall–Kier alpha value is -1.44. The van der Waals surface area contributed by atoms with Crippen molar-refractivity contribution >= 4 is 15.9 Å². The molecule has 1 amide bonds. The number of sulfonamides is 1. The maximum absolute atomic E-state index is 12.7. The topological polar surface area (TPSA) is 78.5 Å². The van der Waals surface area contributed by atoms with Gasteiger partial charge >= 0.3 is 0 Å². The fraction of sp³-hybridized carbons (Fsp3) is 0.667. The van der Waals surface area contributed by atoms with Crippen molar-refractivity contribution in [2.24, 2.45) is 5.92 Å². The number of fused-ring (bicyclic) bond motifs is 1. The van der Waals surface area contributed by atoms with Gasteiger partial charge in [-0.25, -0.2) is 13.1 Å². The Morgan fingerprint density at radius 2 is 1.93 bits per heavy atom. The Balaban J connectivity index is 1.56. The summed E-state index contributed by atoms with van der Waals surface area (Å²) in [5.74, 6) is 0.495. The number of piperidine rings is 1. The summed E-state index contributed by atoms with van der Waals surface area (Å²) < 4.78 is 28.2. The quantitative estimate of drug-likeness (QED) is 0.728. The monoisotopic (exact) mass is 407 g/mol. The highest BCUT2D eigenvalue weighted by molar-refractivity contribution is 7.89. The molecule has 1 aromatic carbocycles. The van der Waals surface area contributed by atoms with Gasteiger partial charge in [0, 0.05) is 19.5 Å². The Morgan fingerprint density at radius 1 is 1.21 bits per heavy atom. The van der Waals surface area contributed by atoms with Crippen LogP contribution < -0.4 is 10.0 Å². The van der Waals surface area contributed by atoms with E-state index >= 15 is 0 Å². The number of likely N-dealkylation sites (tertiary alicyclic amines) is 1. The van der Waals surface area contributed by atoms with Crippen LogP contribution in [0.5, 0.6) is 0 Å². The van der Waals surface area contributed by atoms with E-state index in [0.29, 0.717) is 18.5 Å². The Labute approximate surface area is 169 Å². The Bertz CT molecular complexity index is 799. The molecule has 3 rings (SSSR count). The van der Waals surface area contributed by atoms with Crippen LogP contribution in [0.3, 0.4) is 0 Å². The van der Waals surface area contributed by atoms with Crippen LogP contribution >= 0.6 is 0 Å². The highest BCUT2D eigenvalue weighted by Gasteiger charge is 2.26. The highest BCUT2D eigenvalue weighted by Crippen LogP contribution is 2.32. The molecule has 0 bridgehead atoms. The fourth-order valence-electron chi connectivity index (χ4n) is 4.38. The van der Waals surface area contributed by atoms with Crippen LogP contribution in [0.2, 0.25) is 0 Å². The van der Waals surface area contributed by atoms with Crippen LogP contribution in [-0.2, 0) is 21.2 Å². The molecule has 156 valence electrons. The maximum Gasteiger partial charge on any atom is 0.240 e. The minimum Gasteiger partial charge on any atom is -0.350 e. The summed E-state index contributed by atoms with van der Waals surface area (Å²) in [6, 6.07) is 5.78. The van der Waals surface area contributed by atoms with Gasteiger partial charge in [0.25, 0.3) is 0 Å². The van der Waals surface area contributed by atoms with Gasteiger partial charge in [0.05, 0.1) is 10.9 Å². The van der Waals surface area contributed by atoms with Crippen molar-refractivity contribution in [2.45, 2.75) is 69.9 Å². The van der Waals surface area contributed by atoms with Gasteiger partial charge in [-0.3, -0.25) is 4.79 Å². The SMILES string of the molecule is CC(=O)NC1CCc2ccc(S(=O)(=O)NCCC3CCN(C(C)C)CC3)cc21. The lowest BCUT2D eigenvalue weighted by Gasteiger charge is -2.34. The summed E-state index contributed by atoms with van der Waals surface area (Å²) in [5.41, 5.74) is 2.05. The number of hydrogen-bond acceptors (Lipinski definition) is 4. The average Bonchev–Trinajstić information content (AvgIpc) is 3.03. The summed E-state index contributed by atoms with van der Waals surface area (Å²) >= 11 is 0. The number of nitrogens with zero attached hydrogens (tertiary/aromatic N) is 1. The maximum atomic E-state index is 12.7. The second-order valence-corrected chi connectivity index (χ2v) is 10.2. The molecule has 6 nitrogen and oxygen atoms in total. The summed E-state index contributed by atoms with van der Waals surface area (Å²) in [7, 11) is -3.53. The molecular formula is C21H33N3O3S. The molecule has 1 aliphatic carbocycles.